The van der Waals surface area contributed by atoms with E-state index in [1.54, 1.807) is 6.07 Å². The number of nitro groups is 1. The van der Waals surface area contributed by atoms with Crippen molar-refractivity contribution in [2.45, 2.75) is 31.2 Å². The maximum absolute atomic E-state index is 10.6. The molecule has 5 nitrogen and oxygen atoms in total. The van der Waals surface area contributed by atoms with Crippen molar-refractivity contribution in [1.29, 1.82) is 0 Å². The molecule has 1 saturated carbocycles. The molecular weight excluding hydrogens is 208 g/mol. The number of benzene rings is 1. The van der Waals surface area contributed by atoms with E-state index >= 15 is 0 Å². The summed E-state index contributed by atoms with van der Waals surface area (Å²) in [7, 11) is 0. The van der Waals surface area contributed by atoms with Crippen LogP contribution in [-0.2, 0) is 6.42 Å². The number of aryl methyl sites for hydroxylation is 1. The van der Waals surface area contributed by atoms with Crippen LogP contribution in [0.15, 0.2) is 18.2 Å². The second-order valence-corrected chi connectivity index (χ2v) is 4.44. The highest BCUT2D eigenvalue weighted by atomic mass is 16.6. The van der Waals surface area contributed by atoms with Gasteiger partial charge in [0.15, 0.2) is 5.75 Å². The molecule has 0 spiro atoms. The lowest BCUT2D eigenvalue weighted by Gasteiger charge is -2.08. The van der Waals surface area contributed by atoms with Gasteiger partial charge in [0.05, 0.1) is 4.92 Å². The first-order valence-electron chi connectivity index (χ1n) is 5.25. The summed E-state index contributed by atoms with van der Waals surface area (Å²) < 4.78 is 0. The zero-order valence-electron chi connectivity index (χ0n) is 8.85. The number of nitrogens with two attached hydrogens (primary N) is 1. The highest BCUT2D eigenvalue weighted by Crippen LogP contribution is 2.37. The SMILES string of the molecule is NC1(CCc2ccc(O)c([N+](=O)[O-])c2)CC1. The minimum atomic E-state index is -0.575. The molecule has 0 unspecified atom stereocenters. The van der Waals surface area contributed by atoms with E-state index in [1.807, 2.05) is 0 Å². The predicted molar refractivity (Wildman–Crippen MR) is 59.2 cm³/mol. The molecule has 3 N–H and O–H groups in total. The van der Waals surface area contributed by atoms with Crippen molar-refractivity contribution < 1.29 is 10.0 Å². The van der Waals surface area contributed by atoms with Gasteiger partial charge in [-0.3, -0.25) is 10.1 Å². The Morgan fingerprint density at radius 3 is 2.75 bits per heavy atom. The van der Waals surface area contributed by atoms with E-state index < -0.39 is 4.92 Å². The predicted octanol–water partition coefficient (Wildman–Crippen LogP) is 1.72. The van der Waals surface area contributed by atoms with E-state index in [1.165, 1.54) is 12.1 Å². The van der Waals surface area contributed by atoms with Crippen molar-refractivity contribution in [3.05, 3.63) is 33.9 Å². The lowest BCUT2D eigenvalue weighted by atomic mass is 10.0. The average Bonchev–Trinajstić information content (AvgIpc) is 2.96. The van der Waals surface area contributed by atoms with Crippen LogP contribution in [0, 0.1) is 10.1 Å². The number of phenolic OH excluding ortho intramolecular Hbond substituents is 1. The molecule has 0 radical (unpaired) electrons. The van der Waals surface area contributed by atoms with Gasteiger partial charge < -0.3 is 10.8 Å². The van der Waals surface area contributed by atoms with Gasteiger partial charge in [-0.25, -0.2) is 0 Å². The lowest BCUT2D eigenvalue weighted by Crippen LogP contribution is -2.22. The zero-order chi connectivity index (χ0) is 11.8. The second-order valence-electron chi connectivity index (χ2n) is 4.44. The molecule has 86 valence electrons. The first-order valence-corrected chi connectivity index (χ1v) is 5.25. The Hall–Kier alpha value is -1.62. The Bertz CT molecular complexity index is 427. The molecule has 0 aliphatic heterocycles. The molecule has 0 heterocycles. The fourth-order valence-corrected chi connectivity index (χ4v) is 1.67. The average molecular weight is 222 g/mol. The summed E-state index contributed by atoms with van der Waals surface area (Å²) in [6.07, 6.45) is 3.63. The van der Waals surface area contributed by atoms with Gasteiger partial charge in [-0.15, -0.1) is 0 Å². The third-order valence-corrected chi connectivity index (χ3v) is 3.04. The minimum Gasteiger partial charge on any atom is -0.502 e. The summed E-state index contributed by atoms with van der Waals surface area (Å²) in [5.41, 5.74) is 6.50. The molecule has 16 heavy (non-hydrogen) atoms. The molecule has 2 rings (SSSR count). The van der Waals surface area contributed by atoms with Crippen molar-refractivity contribution in [2.24, 2.45) is 5.73 Å². The Kier molecular flexibility index (Phi) is 2.55. The number of phenols is 1. The van der Waals surface area contributed by atoms with Gasteiger partial charge in [-0.2, -0.15) is 0 Å². The molecule has 0 aromatic heterocycles. The zero-order valence-corrected chi connectivity index (χ0v) is 8.85. The van der Waals surface area contributed by atoms with Crippen molar-refractivity contribution in [1.82, 2.24) is 0 Å². The van der Waals surface area contributed by atoms with E-state index in [-0.39, 0.29) is 17.0 Å². The largest absolute Gasteiger partial charge is 0.502 e. The number of nitro benzene ring substituents is 1. The smallest absolute Gasteiger partial charge is 0.310 e. The monoisotopic (exact) mass is 222 g/mol. The van der Waals surface area contributed by atoms with Crippen LogP contribution in [0.25, 0.3) is 0 Å². The van der Waals surface area contributed by atoms with Gasteiger partial charge in [0, 0.05) is 11.6 Å². The normalized spacial score (nSPS) is 17.1. The Labute approximate surface area is 93.0 Å². The summed E-state index contributed by atoms with van der Waals surface area (Å²) in [5, 5.41) is 19.9. The summed E-state index contributed by atoms with van der Waals surface area (Å²) in [6, 6.07) is 4.48. The maximum atomic E-state index is 10.6. The molecule has 1 aromatic rings. The van der Waals surface area contributed by atoms with Crippen molar-refractivity contribution in [2.75, 3.05) is 0 Å². The van der Waals surface area contributed by atoms with Crippen LogP contribution < -0.4 is 5.73 Å². The Morgan fingerprint density at radius 1 is 1.50 bits per heavy atom. The first-order chi connectivity index (χ1) is 7.50. The summed E-state index contributed by atoms with van der Waals surface area (Å²) in [6.45, 7) is 0. The number of nitrogens with zero attached hydrogens (tertiary/aromatic N) is 1. The van der Waals surface area contributed by atoms with E-state index in [4.69, 9.17) is 5.73 Å². The quantitative estimate of drug-likeness (QED) is 0.599. The van der Waals surface area contributed by atoms with Crippen LogP contribution in [0.5, 0.6) is 5.75 Å². The summed E-state index contributed by atoms with van der Waals surface area (Å²) in [5.74, 6) is -0.289. The lowest BCUT2D eigenvalue weighted by molar-refractivity contribution is -0.385. The summed E-state index contributed by atoms with van der Waals surface area (Å²) in [4.78, 5) is 10.0. The van der Waals surface area contributed by atoms with E-state index in [0.29, 0.717) is 0 Å². The van der Waals surface area contributed by atoms with Crippen molar-refractivity contribution >= 4 is 5.69 Å². The van der Waals surface area contributed by atoms with Crippen LogP contribution in [-0.4, -0.2) is 15.6 Å². The van der Waals surface area contributed by atoms with E-state index in [2.05, 4.69) is 0 Å². The minimum absolute atomic E-state index is 0.0489. The Balaban J connectivity index is 2.09. The van der Waals surface area contributed by atoms with Crippen molar-refractivity contribution in [3.8, 4) is 5.75 Å². The van der Waals surface area contributed by atoms with Crippen LogP contribution in [0.4, 0.5) is 5.69 Å². The van der Waals surface area contributed by atoms with Gasteiger partial charge in [0.25, 0.3) is 0 Å². The van der Waals surface area contributed by atoms with Gasteiger partial charge in [0.1, 0.15) is 0 Å². The van der Waals surface area contributed by atoms with Crippen LogP contribution >= 0.6 is 0 Å². The fraction of sp³-hybridized carbons (Fsp3) is 0.455. The highest BCUT2D eigenvalue weighted by Gasteiger charge is 2.37. The maximum Gasteiger partial charge on any atom is 0.310 e. The molecule has 1 fully saturated rings. The van der Waals surface area contributed by atoms with Crippen LogP contribution in [0.2, 0.25) is 0 Å². The number of rotatable bonds is 4. The molecule has 1 aromatic carbocycles. The number of hydrogen-bond donors (Lipinski definition) is 2. The van der Waals surface area contributed by atoms with Crippen molar-refractivity contribution in [3.63, 3.8) is 0 Å². The molecular formula is C11H14N2O3. The molecule has 0 saturated heterocycles. The van der Waals surface area contributed by atoms with Crippen LogP contribution in [0.3, 0.4) is 0 Å². The van der Waals surface area contributed by atoms with Gasteiger partial charge in [0.2, 0.25) is 0 Å². The van der Waals surface area contributed by atoms with Gasteiger partial charge in [-0.1, -0.05) is 6.07 Å². The number of hydrogen-bond acceptors (Lipinski definition) is 4. The molecule has 0 amide bonds. The first kappa shape index (κ1) is 10.9. The molecule has 5 heteroatoms. The molecule has 1 aliphatic rings. The standard InChI is InChI=1S/C11H14N2O3/c12-11(5-6-11)4-3-8-1-2-10(14)9(7-8)13(15)16/h1-2,7,14H,3-6,12H2. The van der Waals surface area contributed by atoms with E-state index in [0.717, 1.165) is 31.2 Å². The topological polar surface area (TPSA) is 89.4 Å². The third-order valence-electron chi connectivity index (χ3n) is 3.04. The molecule has 0 atom stereocenters. The van der Waals surface area contributed by atoms with E-state index in [9.17, 15) is 15.2 Å². The number of aromatic hydroxyl groups is 1. The fourth-order valence-electron chi connectivity index (χ4n) is 1.67. The van der Waals surface area contributed by atoms with Crippen LogP contribution in [0.1, 0.15) is 24.8 Å². The van der Waals surface area contributed by atoms with Gasteiger partial charge >= 0.3 is 5.69 Å². The second kappa shape index (κ2) is 3.75. The molecule has 0 bridgehead atoms. The molecule has 1 aliphatic carbocycles. The highest BCUT2D eigenvalue weighted by molar-refractivity contribution is 5.47. The van der Waals surface area contributed by atoms with Gasteiger partial charge in [-0.05, 0) is 37.3 Å². The Morgan fingerprint density at radius 2 is 2.19 bits per heavy atom. The summed E-state index contributed by atoms with van der Waals surface area (Å²) >= 11 is 0. The third kappa shape index (κ3) is 2.30.